The number of carboxylic acid groups (broad SMARTS) is 1. The number of nitrogens with zero attached hydrogens (tertiary/aromatic N) is 1. The summed E-state index contributed by atoms with van der Waals surface area (Å²) in [4.78, 5) is 11.3. The van der Waals surface area contributed by atoms with Crippen molar-refractivity contribution in [2.45, 2.75) is 12.7 Å². The number of sulfone groups is 1. The van der Waals surface area contributed by atoms with Gasteiger partial charge in [0.2, 0.25) is 0 Å². The Balaban J connectivity index is 2.72. The van der Waals surface area contributed by atoms with E-state index in [9.17, 15) is 18.3 Å². The SMILES string of the molecule is CCS(=O)(=O)Cc1cn(C)c2cccc(C(=O)O)c12. The molecular formula is C13H15NO4S. The molecule has 0 saturated heterocycles. The zero-order chi connectivity index (χ0) is 14.2. The van der Waals surface area contributed by atoms with E-state index in [1.807, 2.05) is 0 Å². The highest BCUT2D eigenvalue weighted by Gasteiger charge is 2.19. The van der Waals surface area contributed by atoms with Gasteiger partial charge in [0.1, 0.15) is 0 Å². The number of carbonyl (C=O) groups is 1. The molecule has 0 unspecified atom stereocenters. The summed E-state index contributed by atoms with van der Waals surface area (Å²) in [6.07, 6.45) is 1.68. The number of carboxylic acids is 1. The second kappa shape index (κ2) is 4.70. The minimum Gasteiger partial charge on any atom is -0.478 e. The summed E-state index contributed by atoms with van der Waals surface area (Å²) < 4.78 is 25.2. The van der Waals surface area contributed by atoms with Crippen LogP contribution in [-0.4, -0.2) is 29.8 Å². The van der Waals surface area contributed by atoms with E-state index in [4.69, 9.17) is 0 Å². The van der Waals surface area contributed by atoms with Crippen LogP contribution in [0.25, 0.3) is 10.9 Å². The third-order valence-electron chi connectivity index (χ3n) is 3.14. The van der Waals surface area contributed by atoms with E-state index in [2.05, 4.69) is 0 Å². The Bertz CT molecular complexity index is 743. The third-order valence-corrected chi connectivity index (χ3v) is 4.77. The van der Waals surface area contributed by atoms with Gasteiger partial charge in [0, 0.05) is 29.9 Å². The highest BCUT2D eigenvalue weighted by atomic mass is 32.2. The maximum absolute atomic E-state index is 11.7. The molecule has 5 nitrogen and oxygen atoms in total. The van der Waals surface area contributed by atoms with E-state index in [0.717, 1.165) is 5.52 Å². The molecule has 0 radical (unpaired) electrons. The Morgan fingerprint density at radius 2 is 2.05 bits per heavy atom. The normalized spacial score (nSPS) is 11.9. The highest BCUT2D eigenvalue weighted by Crippen LogP contribution is 2.26. The van der Waals surface area contributed by atoms with Gasteiger partial charge in [0.05, 0.1) is 11.3 Å². The van der Waals surface area contributed by atoms with Crippen LogP contribution in [0.3, 0.4) is 0 Å². The van der Waals surface area contributed by atoms with Crippen molar-refractivity contribution in [3.05, 3.63) is 35.5 Å². The first-order chi connectivity index (χ1) is 8.85. The minimum atomic E-state index is -3.20. The second-order valence-corrected chi connectivity index (χ2v) is 6.80. The molecule has 0 spiro atoms. The Morgan fingerprint density at radius 3 is 2.63 bits per heavy atom. The number of rotatable bonds is 4. The Morgan fingerprint density at radius 1 is 1.37 bits per heavy atom. The lowest BCUT2D eigenvalue weighted by Crippen LogP contribution is -2.07. The molecule has 19 heavy (non-hydrogen) atoms. The maximum atomic E-state index is 11.7. The molecule has 1 aromatic carbocycles. The number of aromatic nitrogens is 1. The maximum Gasteiger partial charge on any atom is 0.336 e. The summed E-state index contributed by atoms with van der Waals surface area (Å²) in [5, 5.41) is 9.72. The van der Waals surface area contributed by atoms with Crippen LogP contribution in [0.1, 0.15) is 22.8 Å². The largest absolute Gasteiger partial charge is 0.478 e. The lowest BCUT2D eigenvalue weighted by molar-refractivity contribution is 0.0699. The van der Waals surface area contributed by atoms with Crippen LogP contribution in [0, 0.1) is 0 Å². The number of hydrogen-bond donors (Lipinski definition) is 1. The number of hydrogen-bond acceptors (Lipinski definition) is 3. The van der Waals surface area contributed by atoms with Crippen molar-refractivity contribution in [1.82, 2.24) is 4.57 Å². The molecule has 0 amide bonds. The number of fused-ring (bicyclic) bond motifs is 1. The summed E-state index contributed by atoms with van der Waals surface area (Å²) in [5.74, 6) is -1.14. The van der Waals surface area contributed by atoms with Crippen molar-refractivity contribution in [1.29, 1.82) is 0 Å². The molecule has 102 valence electrons. The smallest absolute Gasteiger partial charge is 0.336 e. The van der Waals surface area contributed by atoms with Crippen molar-refractivity contribution < 1.29 is 18.3 Å². The number of aryl methyl sites for hydroxylation is 1. The minimum absolute atomic E-state index is 0.0403. The van der Waals surface area contributed by atoms with E-state index in [-0.39, 0.29) is 17.1 Å². The van der Waals surface area contributed by atoms with Crippen LogP contribution in [-0.2, 0) is 22.6 Å². The second-order valence-electron chi connectivity index (χ2n) is 4.45. The first-order valence-corrected chi connectivity index (χ1v) is 7.68. The summed E-state index contributed by atoms with van der Waals surface area (Å²) in [6.45, 7) is 1.58. The Labute approximate surface area is 111 Å². The first kappa shape index (κ1) is 13.6. The first-order valence-electron chi connectivity index (χ1n) is 5.86. The lowest BCUT2D eigenvalue weighted by atomic mass is 10.1. The average molecular weight is 281 g/mol. The van der Waals surface area contributed by atoms with Gasteiger partial charge in [-0.3, -0.25) is 0 Å². The van der Waals surface area contributed by atoms with Crippen molar-refractivity contribution in [2.24, 2.45) is 7.05 Å². The molecule has 6 heteroatoms. The molecule has 2 rings (SSSR count). The molecule has 1 aromatic heterocycles. The molecule has 1 heterocycles. The van der Waals surface area contributed by atoms with E-state index in [0.29, 0.717) is 10.9 Å². The highest BCUT2D eigenvalue weighted by molar-refractivity contribution is 7.90. The van der Waals surface area contributed by atoms with E-state index >= 15 is 0 Å². The summed E-state index contributed by atoms with van der Waals surface area (Å²) in [6, 6.07) is 4.93. The summed E-state index contributed by atoms with van der Waals surface area (Å²) in [7, 11) is -1.43. The molecule has 0 saturated carbocycles. The quantitative estimate of drug-likeness (QED) is 0.927. The average Bonchev–Trinajstić information content (AvgIpc) is 2.66. The van der Waals surface area contributed by atoms with Crippen LogP contribution >= 0.6 is 0 Å². The fourth-order valence-electron chi connectivity index (χ4n) is 2.17. The predicted octanol–water partition coefficient (Wildman–Crippen LogP) is 1.81. The van der Waals surface area contributed by atoms with Gasteiger partial charge in [-0.1, -0.05) is 13.0 Å². The zero-order valence-corrected chi connectivity index (χ0v) is 11.6. The van der Waals surface area contributed by atoms with Gasteiger partial charge in [-0.2, -0.15) is 0 Å². The molecule has 0 aliphatic rings. The van der Waals surface area contributed by atoms with Gasteiger partial charge < -0.3 is 9.67 Å². The van der Waals surface area contributed by atoms with Crippen LogP contribution in [0.2, 0.25) is 0 Å². The number of benzene rings is 1. The predicted molar refractivity (Wildman–Crippen MR) is 73.0 cm³/mol. The molecule has 0 bridgehead atoms. The van der Waals surface area contributed by atoms with Crippen LogP contribution in [0.15, 0.2) is 24.4 Å². The summed E-state index contributed by atoms with van der Waals surface area (Å²) >= 11 is 0. The Kier molecular flexibility index (Phi) is 3.36. The van der Waals surface area contributed by atoms with Gasteiger partial charge in [0.15, 0.2) is 9.84 Å². The molecule has 0 aliphatic heterocycles. The van der Waals surface area contributed by atoms with Gasteiger partial charge >= 0.3 is 5.97 Å². The van der Waals surface area contributed by atoms with Gasteiger partial charge in [-0.25, -0.2) is 13.2 Å². The summed E-state index contributed by atoms with van der Waals surface area (Å²) in [5.41, 5.74) is 1.40. The molecular weight excluding hydrogens is 266 g/mol. The molecule has 1 N–H and O–H groups in total. The van der Waals surface area contributed by atoms with Gasteiger partial charge in [-0.05, 0) is 17.7 Å². The Hall–Kier alpha value is -1.82. The third kappa shape index (κ3) is 2.49. The lowest BCUT2D eigenvalue weighted by Gasteiger charge is -2.03. The fraction of sp³-hybridized carbons (Fsp3) is 0.308. The van der Waals surface area contributed by atoms with Crippen molar-refractivity contribution in [3.63, 3.8) is 0 Å². The van der Waals surface area contributed by atoms with E-state index < -0.39 is 15.8 Å². The number of aromatic carboxylic acids is 1. The van der Waals surface area contributed by atoms with Crippen LogP contribution in [0.4, 0.5) is 0 Å². The van der Waals surface area contributed by atoms with E-state index in [1.54, 1.807) is 36.9 Å². The van der Waals surface area contributed by atoms with E-state index in [1.165, 1.54) is 6.07 Å². The fourth-order valence-corrected chi connectivity index (χ4v) is 3.06. The topological polar surface area (TPSA) is 76.4 Å². The molecule has 0 fully saturated rings. The zero-order valence-electron chi connectivity index (χ0n) is 10.8. The molecule has 2 aromatic rings. The standard InChI is InChI=1S/C13H15NO4S/c1-3-19(17,18)8-9-7-14(2)11-6-4-5-10(12(9)11)13(15)16/h4-7H,3,8H2,1-2H3,(H,15,16). The van der Waals surface area contributed by atoms with Crippen molar-refractivity contribution in [3.8, 4) is 0 Å². The van der Waals surface area contributed by atoms with Gasteiger partial charge in [-0.15, -0.1) is 0 Å². The van der Waals surface area contributed by atoms with Gasteiger partial charge in [0.25, 0.3) is 0 Å². The molecule has 0 aliphatic carbocycles. The molecule has 0 atom stereocenters. The monoisotopic (exact) mass is 281 g/mol. The van der Waals surface area contributed by atoms with Crippen LogP contribution in [0.5, 0.6) is 0 Å². The van der Waals surface area contributed by atoms with Crippen molar-refractivity contribution >= 4 is 26.7 Å². The van der Waals surface area contributed by atoms with Crippen molar-refractivity contribution in [2.75, 3.05) is 5.75 Å². The van der Waals surface area contributed by atoms with Crippen LogP contribution < -0.4 is 0 Å².